The van der Waals surface area contributed by atoms with Gasteiger partial charge in [-0.15, -0.1) is 0 Å². The van der Waals surface area contributed by atoms with Crippen molar-refractivity contribution in [1.82, 2.24) is 0 Å². The summed E-state index contributed by atoms with van der Waals surface area (Å²) in [7, 11) is 0. The summed E-state index contributed by atoms with van der Waals surface area (Å²) < 4.78 is 0. The lowest BCUT2D eigenvalue weighted by Gasteiger charge is -2.41. The molecule has 0 nitrogen and oxygen atoms in total. The predicted octanol–water partition coefficient (Wildman–Crippen LogP) is 8.35. The molecule has 0 heterocycles. The van der Waals surface area contributed by atoms with Crippen LogP contribution in [0.5, 0.6) is 0 Å². The van der Waals surface area contributed by atoms with Crippen LogP contribution in [0.25, 0.3) is 0 Å². The topological polar surface area (TPSA) is 0 Å². The molecule has 2 saturated carbocycles. The molecule has 2 rings (SSSR count). The first-order valence-electron chi connectivity index (χ1n) is 11.9. The average molecular weight is 349 g/mol. The molecular weight excluding hydrogens is 300 g/mol. The Morgan fingerprint density at radius 1 is 0.880 bits per heavy atom. The molecule has 0 aromatic rings. The molecule has 0 radical (unpaired) electrons. The van der Waals surface area contributed by atoms with E-state index in [9.17, 15) is 0 Å². The third kappa shape index (κ3) is 6.28. The Morgan fingerprint density at radius 2 is 1.56 bits per heavy atom. The SMILES string of the molecule is CCC(C(C)C)C1CC(CC(C)CCC(C)C2CCCC2)CCC1C. The average Bonchev–Trinajstić information content (AvgIpc) is 3.10. The van der Waals surface area contributed by atoms with Crippen molar-refractivity contribution in [2.75, 3.05) is 0 Å². The standard InChI is InChI=1S/C25H48/c1-7-24(18(2)3)25-17-22(15-14-21(25)6)16-19(4)12-13-20(5)23-10-8-9-11-23/h18-25H,7-17H2,1-6H3. The van der Waals surface area contributed by atoms with E-state index in [0.29, 0.717) is 0 Å². The lowest BCUT2D eigenvalue weighted by Crippen LogP contribution is -2.32. The highest BCUT2D eigenvalue weighted by Gasteiger charge is 2.34. The Kier molecular flexibility index (Phi) is 8.83. The summed E-state index contributed by atoms with van der Waals surface area (Å²) in [5, 5.41) is 0. The first-order chi connectivity index (χ1) is 11.9. The minimum Gasteiger partial charge on any atom is -0.0651 e. The molecule has 0 bridgehead atoms. The lowest BCUT2D eigenvalue weighted by molar-refractivity contribution is 0.0899. The van der Waals surface area contributed by atoms with Crippen LogP contribution >= 0.6 is 0 Å². The van der Waals surface area contributed by atoms with Gasteiger partial charge in [-0.05, 0) is 60.2 Å². The second-order valence-corrected chi connectivity index (χ2v) is 10.6. The van der Waals surface area contributed by atoms with Crippen LogP contribution in [0.15, 0.2) is 0 Å². The third-order valence-electron chi connectivity index (χ3n) is 8.30. The van der Waals surface area contributed by atoms with Crippen LogP contribution < -0.4 is 0 Å². The second-order valence-electron chi connectivity index (χ2n) is 10.6. The molecule has 0 heteroatoms. The van der Waals surface area contributed by atoms with E-state index in [4.69, 9.17) is 0 Å². The highest BCUT2D eigenvalue weighted by atomic mass is 14.4. The van der Waals surface area contributed by atoms with Gasteiger partial charge in [0.05, 0.1) is 0 Å². The fourth-order valence-corrected chi connectivity index (χ4v) is 6.52. The molecule has 0 aromatic carbocycles. The smallest absolute Gasteiger partial charge is 0.0355 e. The van der Waals surface area contributed by atoms with Gasteiger partial charge in [-0.3, -0.25) is 0 Å². The molecule has 2 fully saturated rings. The summed E-state index contributed by atoms with van der Waals surface area (Å²) in [4.78, 5) is 0. The van der Waals surface area contributed by atoms with Crippen LogP contribution in [0, 0.1) is 47.3 Å². The van der Waals surface area contributed by atoms with Gasteiger partial charge in [0.2, 0.25) is 0 Å². The molecular formula is C25H48. The van der Waals surface area contributed by atoms with E-state index in [1.165, 1.54) is 70.6 Å². The third-order valence-corrected chi connectivity index (χ3v) is 8.30. The van der Waals surface area contributed by atoms with Crippen molar-refractivity contribution in [2.24, 2.45) is 47.3 Å². The highest BCUT2D eigenvalue weighted by molar-refractivity contribution is 4.84. The van der Waals surface area contributed by atoms with Gasteiger partial charge in [-0.2, -0.15) is 0 Å². The zero-order chi connectivity index (χ0) is 18.4. The van der Waals surface area contributed by atoms with Crippen molar-refractivity contribution >= 4 is 0 Å². The predicted molar refractivity (Wildman–Crippen MR) is 113 cm³/mol. The molecule has 2 aliphatic rings. The van der Waals surface area contributed by atoms with E-state index in [1.807, 2.05) is 0 Å². The molecule has 0 amide bonds. The van der Waals surface area contributed by atoms with Gasteiger partial charge in [0.1, 0.15) is 0 Å². The minimum atomic E-state index is 0.862. The van der Waals surface area contributed by atoms with Crippen molar-refractivity contribution in [2.45, 2.75) is 112 Å². The van der Waals surface area contributed by atoms with Crippen LogP contribution in [-0.4, -0.2) is 0 Å². The highest BCUT2D eigenvalue weighted by Crippen LogP contribution is 2.44. The normalized spacial score (nSPS) is 32.0. The van der Waals surface area contributed by atoms with Gasteiger partial charge >= 0.3 is 0 Å². The zero-order valence-electron chi connectivity index (χ0n) is 18.4. The van der Waals surface area contributed by atoms with Crippen molar-refractivity contribution in [3.63, 3.8) is 0 Å². The molecule has 25 heavy (non-hydrogen) atoms. The van der Waals surface area contributed by atoms with Gasteiger partial charge < -0.3 is 0 Å². The Hall–Kier alpha value is 0. The van der Waals surface area contributed by atoms with Gasteiger partial charge in [-0.1, -0.05) is 99.3 Å². The van der Waals surface area contributed by atoms with E-state index in [0.717, 1.165) is 47.3 Å². The maximum Gasteiger partial charge on any atom is -0.0355 e. The fourth-order valence-electron chi connectivity index (χ4n) is 6.52. The van der Waals surface area contributed by atoms with Crippen LogP contribution in [0.1, 0.15) is 112 Å². The fraction of sp³-hybridized carbons (Fsp3) is 1.00. The quantitative estimate of drug-likeness (QED) is 0.392. The molecule has 6 unspecified atom stereocenters. The largest absolute Gasteiger partial charge is 0.0651 e. The lowest BCUT2D eigenvalue weighted by atomic mass is 9.64. The van der Waals surface area contributed by atoms with Gasteiger partial charge in [0.25, 0.3) is 0 Å². The Bertz CT molecular complexity index is 351. The summed E-state index contributed by atoms with van der Waals surface area (Å²) in [6, 6.07) is 0. The molecule has 0 aromatic heterocycles. The van der Waals surface area contributed by atoms with Gasteiger partial charge in [-0.25, -0.2) is 0 Å². The Labute approximate surface area is 159 Å². The van der Waals surface area contributed by atoms with E-state index < -0.39 is 0 Å². The second kappa shape index (κ2) is 10.4. The molecule has 0 spiro atoms. The first-order valence-corrected chi connectivity index (χ1v) is 11.9. The summed E-state index contributed by atoms with van der Waals surface area (Å²) >= 11 is 0. The maximum absolute atomic E-state index is 2.55. The molecule has 148 valence electrons. The Balaban J connectivity index is 1.76. The van der Waals surface area contributed by atoms with Crippen LogP contribution in [0.2, 0.25) is 0 Å². The molecule has 0 N–H and O–H groups in total. The van der Waals surface area contributed by atoms with Crippen molar-refractivity contribution in [1.29, 1.82) is 0 Å². The molecule has 6 atom stereocenters. The number of hydrogen-bond acceptors (Lipinski definition) is 0. The van der Waals surface area contributed by atoms with E-state index in [-0.39, 0.29) is 0 Å². The van der Waals surface area contributed by atoms with Crippen molar-refractivity contribution < 1.29 is 0 Å². The van der Waals surface area contributed by atoms with Gasteiger partial charge in [0.15, 0.2) is 0 Å². The van der Waals surface area contributed by atoms with Crippen LogP contribution in [-0.2, 0) is 0 Å². The van der Waals surface area contributed by atoms with E-state index >= 15 is 0 Å². The van der Waals surface area contributed by atoms with Crippen LogP contribution in [0.3, 0.4) is 0 Å². The van der Waals surface area contributed by atoms with Crippen molar-refractivity contribution in [3.8, 4) is 0 Å². The van der Waals surface area contributed by atoms with Gasteiger partial charge in [0, 0.05) is 0 Å². The maximum atomic E-state index is 2.55. The van der Waals surface area contributed by atoms with E-state index in [1.54, 1.807) is 0 Å². The minimum absolute atomic E-state index is 0.862. The van der Waals surface area contributed by atoms with E-state index in [2.05, 4.69) is 41.5 Å². The van der Waals surface area contributed by atoms with Crippen molar-refractivity contribution in [3.05, 3.63) is 0 Å². The molecule has 0 aliphatic heterocycles. The monoisotopic (exact) mass is 348 g/mol. The number of hydrogen-bond donors (Lipinski definition) is 0. The Morgan fingerprint density at radius 3 is 2.16 bits per heavy atom. The molecule has 0 saturated heterocycles. The zero-order valence-corrected chi connectivity index (χ0v) is 18.4. The summed E-state index contributed by atoms with van der Waals surface area (Å²) in [5.74, 6) is 7.77. The van der Waals surface area contributed by atoms with Crippen LogP contribution in [0.4, 0.5) is 0 Å². The first kappa shape index (κ1) is 21.3. The molecule has 2 aliphatic carbocycles. The summed E-state index contributed by atoms with van der Waals surface area (Å²) in [6.07, 6.45) is 16.4. The number of rotatable bonds is 9. The summed E-state index contributed by atoms with van der Waals surface area (Å²) in [6.45, 7) is 15.0. The summed E-state index contributed by atoms with van der Waals surface area (Å²) in [5.41, 5.74) is 0.